The molecule has 4 heterocycles. The molecule has 0 aliphatic heterocycles. The molecule has 0 saturated heterocycles. The van der Waals surface area contributed by atoms with Gasteiger partial charge in [-0.05, 0) is 184 Å². The largest absolute Gasteiger partial charge is 0.456 e. The molecule has 0 saturated carbocycles. The maximum atomic E-state index is 13.6. The molecule has 0 aliphatic carbocycles. The number of nitrogens with zero attached hydrogens (tertiary/aromatic N) is 4. The lowest BCUT2D eigenvalue weighted by molar-refractivity contribution is -0.138. The minimum Gasteiger partial charge on any atom is -0.456 e. The van der Waals surface area contributed by atoms with E-state index < -0.39 is 23.5 Å². The van der Waals surface area contributed by atoms with Gasteiger partial charge < -0.3 is 18.3 Å². The van der Waals surface area contributed by atoms with Gasteiger partial charge in [-0.15, -0.1) is 0 Å². The van der Waals surface area contributed by atoms with Crippen molar-refractivity contribution in [1.29, 1.82) is 0 Å². The van der Waals surface area contributed by atoms with Crippen molar-refractivity contribution in [3.05, 3.63) is 266 Å². The summed E-state index contributed by atoms with van der Waals surface area (Å²) in [5.41, 5.74) is 17.1. The van der Waals surface area contributed by atoms with Gasteiger partial charge in [0.15, 0.2) is 0 Å². The van der Waals surface area contributed by atoms with Crippen LogP contribution in [0.25, 0.3) is 138 Å². The molecule has 0 atom stereocenters. The summed E-state index contributed by atoms with van der Waals surface area (Å²) in [5, 5.41) is 5.87. The highest BCUT2D eigenvalue weighted by molar-refractivity contribution is 7.00. The molecule has 13 heteroatoms. The van der Waals surface area contributed by atoms with Gasteiger partial charge in [-0.3, -0.25) is 0 Å². The summed E-state index contributed by atoms with van der Waals surface area (Å²) >= 11 is 1.15. The fourth-order valence-corrected chi connectivity index (χ4v) is 12.8. The summed E-state index contributed by atoms with van der Waals surface area (Å²) in [4.78, 5) is 2.22. The fraction of sp³-hybridized carbons (Fsp3) is 0.0270. The number of halogens is 6. The second kappa shape index (κ2) is 19.9. The van der Waals surface area contributed by atoms with Crippen molar-refractivity contribution in [2.75, 3.05) is 4.90 Å². The molecule has 16 aromatic rings. The molecule has 0 bridgehead atoms. The molecule has 12 aromatic carbocycles. The van der Waals surface area contributed by atoms with Gasteiger partial charge in [0.2, 0.25) is 0 Å². The maximum Gasteiger partial charge on any atom is 0.416 e. The molecule has 0 spiro atoms. The van der Waals surface area contributed by atoms with Crippen molar-refractivity contribution in [2.45, 2.75) is 12.4 Å². The summed E-state index contributed by atoms with van der Waals surface area (Å²) < 4.78 is 106. The highest BCUT2D eigenvalue weighted by atomic mass is 32.1. The highest BCUT2D eigenvalue weighted by Gasteiger charge is 2.31. The van der Waals surface area contributed by atoms with E-state index in [1.807, 2.05) is 97.1 Å². The number of hydrogen-bond acceptors (Lipinski definition) is 6. The Kier molecular flexibility index (Phi) is 11.9. The molecule has 4 aromatic heterocycles. The Morgan fingerprint density at radius 3 is 1.17 bits per heavy atom. The number of alkyl halides is 6. The van der Waals surface area contributed by atoms with Crippen LogP contribution >= 0.6 is 11.7 Å². The lowest BCUT2D eigenvalue weighted by atomic mass is 9.99. The van der Waals surface area contributed by atoms with E-state index in [-0.39, 0.29) is 0 Å². The summed E-state index contributed by atoms with van der Waals surface area (Å²) in [6.45, 7) is 0. The monoisotopic (exact) mass is 1160 g/mol. The average molecular weight is 1170 g/mol. The highest BCUT2D eigenvalue weighted by Crippen LogP contribution is 2.45. The minimum atomic E-state index is -4.48. The zero-order chi connectivity index (χ0) is 58.7. The molecule has 0 aliphatic rings. The van der Waals surface area contributed by atoms with Crippen LogP contribution < -0.4 is 4.90 Å². The van der Waals surface area contributed by atoms with E-state index in [0.29, 0.717) is 22.3 Å². The van der Waals surface area contributed by atoms with Crippen molar-refractivity contribution < 1.29 is 35.2 Å². The second-order valence-corrected chi connectivity index (χ2v) is 22.2. The number of rotatable bonds is 9. The molecule has 6 nitrogen and oxygen atoms in total. The van der Waals surface area contributed by atoms with Gasteiger partial charge in [-0.2, -0.15) is 35.1 Å². The number of para-hydroxylation sites is 2. The van der Waals surface area contributed by atoms with Crippen LogP contribution in [0.1, 0.15) is 11.1 Å². The second-order valence-electron chi connectivity index (χ2n) is 21.6. The van der Waals surface area contributed by atoms with Crippen molar-refractivity contribution in [2.24, 2.45) is 0 Å². The van der Waals surface area contributed by atoms with E-state index in [9.17, 15) is 26.3 Å². The third-order valence-electron chi connectivity index (χ3n) is 16.6. The van der Waals surface area contributed by atoms with Crippen LogP contribution in [0.3, 0.4) is 0 Å². The van der Waals surface area contributed by atoms with Gasteiger partial charge in [-0.25, -0.2) is 0 Å². The maximum absolute atomic E-state index is 13.6. The first-order valence-corrected chi connectivity index (χ1v) is 28.7. The lowest BCUT2D eigenvalue weighted by Crippen LogP contribution is -2.10. The Morgan fingerprint density at radius 1 is 0.333 bits per heavy atom. The molecule has 0 fully saturated rings. The predicted molar refractivity (Wildman–Crippen MR) is 338 cm³/mol. The first-order chi connectivity index (χ1) is 42.3. The average Bonchev–Trinajstić information content (AvgIpc) is 1.94. The van der Waals surface area contributed by atoms with Crippen LogP contribution in [0.4, 0.5) is 43.4 Å². The number of aromatic nitrogens is 3. The van der Waals surface area contributed by atoms with Crippen LogP contribution in [-0.2, 0) is 12.4 Å². The van der Waals surface area contributed by atoms with E-state index in [4.69, 9.17) is 17.6 Å². The van der Waals surface area contributed by atoms with E-state index in [0.717, 1.165) is 169 Å². The van der Waals surface area contributed by atoms with E-state index >= 15 is 0 Å². The Labute approximate surface area is 496 Å². The number of anilines is 3. The third kappa shape index (κ3) is 8.96. The van der Waals surface area contributed by atoms with Crippen LogP contribution in [0, 0.1) is 0 Å². The molecular weight excluding hydrogens is 1120 g/mol. The van der Waals surface area contributed by atoms with Gasteiger partial charge in [0, 0.05) is 54.9 Å². The summed E-state index contributed by atoms with van der Waals surface area (Å²) in [5.74, 6) is 0. The molecule has 418 valence electrons. The summed E-state index contributed by atoms with van der Waals surface area (Å²) in [6, 6.07) is 80.0. The molecule has 87 heavy (non-hydrogen) atoms. The number of fused-ring (bicyclic) bond motifs is 10. The Bertz CT molecular complexity index is 5080. The van der Waals surface area contributed by atoms with Crippen molar-refractivity contribution >= 4 is 106 Å². The summed E-state index contributed by atoms with van der Waals surface area (Å²) in [6.07, 6.45) is -8.97. The molecule has 0 unspecified atom stereocenters. The predicted octanol–water partition coefficient (Wildman–Crippen LogP) is 22.4. The van der Waals surface area contributed by atoms with Crippen LogP contribution in [0.2, 0.25) is 0 Å². The molecular formula is C74H42F6N4O2S. The normalized spacial score (nSPS) is 12.3. The molecule has 0 radical (unpaired) electrons. The fourth-order valence-electron chi connectivity index (χ4n) is 12.3. The van der Waals surface area contributed by atoms with Crippen LogP contribution in [0.5, 0.6) is 0 Å². The standard InChI is InChI=1S/C74H42F6N4O2S/c75-73(76,77)52-23-9-43(10-24-52)48-19-34-64-60(39-48)61-40-49(44-11-25-53(26-12-44)74(78,79)80)20-35-65(61)84(64)56-31-17-47(18-32-56)57-33-36-66(72-71(57)81-87-82-72)83(54-27-13-45(14-28-54)50-21-37-69-62(41-50)58-5-1-3-7-67(58)85-69)55-29-15-46(16-30-55)51-22-38-70-63(42-51)59-6-2-4-8-68(59)86-70/h1-42H. The van der Waals surface area contributed by atoms with Gasteiger partial charge in [-0.1, -0.05) is 121 Å². The molecule has 0 N–H and O–H groups in total. The van der Waals surface area contributed by atoms with Gasteiger partial charge >= 0.3 is 12.4 Å². The van der Waals surface area contributed by atoms with Gasteiger partial charge in [0.25, 0.3) is 0 Å². The zero-order valence-corrected chi connectivity index (χ0v) is 46.3. The van der Waals surface area contributed by atoms with Crippen molar-refractivity contribution in [3.8, 4) is 61.3 Å². The Balaban J connectivity index is 0.776. The first kappa shape index (κ1) is 51.8. The number of hydrogen-bond donors (Lipinski definition) is 0. The number of furan rings is 2. The van der Waals surface area contributed by atoms with Crippen LogP contribution in [-0.4, -0.2) is 13.3 Å². The van der Waals surface area contributed by atoms with E-state index in [1.54, 1.807) is 0 Å². The van der Waals surface area contributed by atoms with Crippen molar-refractivity contribution in [3.63, 3.8) is 0 Å². The van der Waals surface area contributed by atoms with Gasteiger partial charge in [0.1, 0.15) is 33.4 Å². The lowest BCUT2D eigenvalue weighted by Gasteiger charge is -2.26. The molecule has 0 amide bonds. The minimum absolute atomic E-state index is 0.601. The quantitative estimate of drug-likeness (QED) is 0.135. The summed E-state index contributed by atoms with van der Waals surface area (Å²) in [7, 11) is 0. The Morgan fingerprint density at radius 2 is 0.713 bits per heavy atom. The number of benzene rings is 12. The van der Waals surface area contributed by atoms with E-state index in [2.05, 4.69) is 119 Å². The Hall–Kier alpha value is -10.8. The van der Waals surface area contributed by atoms with Crippen LogP contribution in [0.15, 0.2) is 264 Å². The molecule has 16 rings (SSSR count). The SMILES string of the molecule is FC(F)(F)c1ccc(-c2ccc3c(c2)c2cc(-c4ccc(C(F)(F)F)cc4)ccc2n3-c2ccc(-c3ccc(N(c4ccc(-c5ccc6oc7ccccc7c6c5)cc4)c4ccc(-c5ccc6oc7ccccc7c6c5)cc4)c4nsnc34)cc2)cc1. The topological polar surface area (TPSA) is 60.2 Å². The van der Waals surface area contributed by atoms with Crippen molar-refractivity contribution in [1.82, 2.24) is 13.3 Å². The van der Waals surface area contributed by atoms with E-state index in [1.165, 1.54) is 24.3 Å². The smallest absolute Gasteiger partial charge is 0.416 e. The zero-order valence-electron chi connectivity index (χ0n) is 45.5. The third-order valence-corrected chi connectivity index (χ3v) is 17.1. The van der Waals surface area contributed by atoms with Gasteiger partial charge in [0.05, 0.1) is 39.6 Å². The first-order valence-electron chi connectivity index (χ1n) is 28.0.